The largest absolute Gasteiger partial charge is 0.289 e. The summed E-state index contributed by atoms with van der Waals surface area (Å²) in [5, 5.41) is 0. The van der Waals surface area contributed by atoms with Crippen LogP contribution in [0.3, 0.4) is 0 Å². The Morgan fingerprint density at radius 3 is 1.97 bits per heavy atom. The molecule has 4 rings (SSSR count). The normalized spacial score (nSPS) is 19.0. The van der Waals surface area contributed by atoms with Crippen molar-refractivity contribution in [2.75, 3.05) is 0 Å². The second-order valence-electron chi connectivity index (χ2n) is 8.25. The summed E-state index contributed by atoms with van der Waals surface area (Å²) in [6.45, 7) is 5.86. The lowest BCUT2D eigenvalue weighted by Crippen LogP contribution is -2.38. The molecule has 1 aliphatic heterocycles. The van der Waals surface area contributed by atoms with E-state index in [0.29, 0.717) is 17.6 Å². The summed E-state index contributed by atoms with van der Waals surface area (Å²) in [4.78, 5) is 13.8. The van der Waals surface area contributed by atoms with Crippen LogP contribution in [0.1, 0.15) is 46.4 Å². The molecule has 2 atom stereocenters. The van der Waals surface area contributed by atoms with Crippen LogP contribution in [0.4, 0.5) is 0 Å². The third-order valence-electron chi connectivity index (χ3n) is 5.95. The average Bonchev–Trinajstić information content (AvgIpc) is 3.20. The Morgan fingerprint density at radius 2 is 1.41 bits per heavy atom. The molecule has 0 amide bonds. The van der Waals surface area contributed by atoms with Crippen LogP contribution in [0.25, 0.3) is 0 Å². The van der Waals surface area contributed by atoms with Crippen LogP contribution in [0.2, 0.25) is 0 Å². The van der Waals surface area contributed by atoms with Crippen LogP contribution in [0.15, 0.2) is 95.4 Å². The number of Topliss-reactive ketones (excluding diaryl/α,β-unsaturated/α-hetero) is 1. The van der Waals surface area contributed by atoms with Crippen LogP contribution in [-0.2, 0) is 10.0 Å². The third-order valence-corrected chi connectivity index (χ3v) is 7.86. The van der Waals surface area contributed by atoms with Crippen molar-refractivity contribution in [3.8, 4) is 0 Å². The summed E-state index contributed by atoms with van der Waals surface area (Å²) in [7, 11) is -3.84. The number of rotatable bonds is 6. The van der Waals surface area contributed by atoms with E-state index in [-0.39, 0.29) is 10.7 Å². The van der Waals surface area contributed by atoms with E-state index in [1.165, 1.54) is 4.31 Å². The quantitative estimate of drug-likeness (QED) is 0.462. The highest BCUT2D eigenvalue weighted by Crippen LogP contribution is 2.43. The molecule has 4 nitrogen and oxygen atoms in total. The van der Waals surface area contributed by atoms with Crippen molar-refractivity contribution in [1.29, 1.82) is 0 Å². The third kappa shape index (κ3) is 4.06. The molecule has 3 aromatic rings. The highest BCUT2D eigenvalue weighted by molar-refractivity contribution is 7.89. The lowest BCUT2D eigenvalue weighted by molar-refractivity contribution is 0.102. The summed E-state index contributed by atoms with van der Waals surface area (Å²) in [5.41, 5.74) is 3.91. The first-order valence-corrected chi connectivity index (χ1v) is 12.2. The van der Waals surface area contributed by atoms with Crippen molar-refractivity contribution in [2.24, 2.45) is 0 Å². The van der Waals surface area contributed by atoms with Gasteiger partial charge in [0.25, 0.3) is 0 Å². The second kappa shape index (κ2) is 8.85. The van der Waals surface area contributed by atoms with Crippen LogP contribution >= 0.6 is 0 Å². The number of ketones is 1. The number of hydrogen-bond acceptors (Lipinski definition) is 3. The number of aryl methyl sites for hydroxylation is 2. The molecule has 0 aromatic heterocycles. The van der Waals surface area contributed by atoms with Gasteiger partial charge in [0.2, 0.25) is 10.0 Å². The lowest BCUT2D eigenvalue weighted by atomic mass is 9.93. The summed E-state index contributed by atoms with van der Waals surface area (Å²) >= 11 is 0. The SMILES string of the molecule is CC[C@@H]1C=C(C(=O)c2ccccc2)[C@H](c2ccc(C)cc2)N1S(=O)(=O)c1ccc(C)cc1. The van der Waals surface area contributed by atoms with Gasteiger partial charge >= 0.3 is 0 Å². The van der Waals surface area contributed by atoms with E-state index in [2.05, 4.69) is 0 Å². The Morgan fingerprint density at radius 1 is 0.844 bits per heavy atom. The molecule has 164 valence electrons. The Bertz CT molecular complexity index is 1240. The zero-order valence-electron chi connectivity index (χ0n) is 18.5. The minimum absolute atomic E-state index is 0.142. The van der Waals surface area contributed by atoms with Crippen molar-refractivity contribution >= 4 is 15.8 Å². The van der Waals surface area contributed by atoms with Gasteiger partial charge < -0.3 is 0 Å². The van der Waals surface area contributed by atoms with Crippen LogP contribution in [0.5, 0.6) is 0 Å². The van der Waals surface area contributed by atoms with E-state index < -0.39 is 22.1 Å². The number of carbonyl (C=O) groups excluding carboxylic acids is 1. The number of benzene rings is 3. The zero-order valence-corrected chi connectivity index (χ0v) is 19.3. The highest BCUT2D eigenvalue weighted by atomic mass is 32.2. The van der Waals surface area contributed by atoms with Crippen molar-refractivity contribution in [2.45, 2.75) is 44.2 Å². The summed E-state index contributed by atoms with van der Waals surface area (Å²) in [5.74, 6) is -0.142. The van der Waals surface area contributed by atoms with Gasteiger partial charge in [0.05, 0.1) is 10.9 Å². The maximum atomic E-state index is 13.9. The smallest absolute Gasteiger partial charge is 0.244 e. The lowest BCUT2D eigenvalue weighted by Gasteiger charge is -2.31. The van der Waals surface area contributed by atoms with Crippen LogP contribution in [0, 0.1) is 13.8 Å². The molecular formula is C27H27NO3S. The molecule has 32 heavy (non-hydrogen) atoms. The molecule has 0 aliphatic carbocycles. The van der Waals surface area contributed by atoms with Gasteiger partial charge in [-0.15, -0.1) is 0 Å². The van der Waals surface area contributed by atoms with Gasteiger partial charge in [-0.3, -0.25) is 4.79 Å². The van der Waals surface area contributed by atoms with Gasteiger partial charge in [-0.25, -0.2) is 8.42 Å². The molecule has 1 aliphatic rings. The Balaban J connectivity index is 1.87. The highest BCUT2D eigenvalue weighted by Gasteiger charge is 2.45. The zero-order chi connectivity index (χ0) is 22.9. The Kier molecular flexibility index (Phi) is 6.13. The molecule has 0 radical (unpaired) electrons. The van der Waals surface area contributed by atoms with Gasteiger partial charge in [0, 0.05) is 17.2 Å². The van der Waals surface area contributed by atoms with Gasteiger partial charge in [-0.05, 0) is 38.0 Å². The molecule has 0 unspecified atom stereocenters. The van der Waals surface area contributed by atoms with Crippen molar-refractivity contribution in [3.63, 3.8) is 0 Å². The van der Waals surface area contributed by atoms with Crippen molar-refractivity contribution in [3.05, 3.63) is 113 Å². The van der Waals surface area contributed by atoms with Crippen molar-refractivity contribution < 1.29 is 13.2 Å². The maximum Gasteiger partial charge on any atom is 0.244 e. The minimum atomic E-state index is -3.84. The second-order valence-corrected chi connectivity index (χ2v) is 10.1. The summed E-state index contributed by atoms with van der Waals surface area (Å²) < 4.78 is 29.2. The van der Waals surface area contributed by atoms with E-state index >= 15 is 0 Å². The molecule has 0 saturated heterocycles. The van der Waals surface area contributed by atoms with E-state index in [1.807, 2.05) is 69.3 Å². The number of nitrogens with zero attached hydrogens (tertiary/aromatic N) is 1. The van der Waals surface area contributed by atoms with Crippen LogP contribution < -0.4 is 0 Å². The predicted molar refractivity (Wildman–Crippen MR) is 127 cm³/mol. The topological polar surface area (TPSA) is 54.5 Å². The van der Waals surface area contributed by atoms with Gasteiger partial charge in [-0.1, -0.05) is 90.9 Å². The molecule has 3 aromatic carbocycles. The molecule has 1 heterocycles. The molecule has 0 saturated carbocycles. The average molecular weight is 446 g/mol. The van der Waals surface area contributed by atoms with E-state index in [4.69, 9.17) is 0 Å². The fourth-order valence-electron chi connectivity index (χ4n) is 4.18. The fraction of sp³-hybridized carbons (Fsp3) is 0.222. The molecule has 5 heteroatoms. The van der Waals surface area contributed by atoms with Crippen molar-refractivity contribution in [1.82, 2.24) is 4.31 Å². The molecule has 0 spiro atoms. The first kappa shape index (κ1) is 22.2. The minimum Gasteiger partial charge on any atom is -0.289 e. The fourth-order valence-corrected chi connectivity index (χ4v) is 5.98. The molecule has 0 bridgehead atoms. The van der Waals surface area contributed by atoms with Gasteiger partial charge in [0.15, 0.2) is 5.78 Å². The molecule has 0 fully saturated rings. The van der Waals surface area contributed by atoms with Gasteiger partial charge in [0.1, 0.15) is 0 Å². The molecule has 0 N–H and O–H groups in total. The Labute approximate surface area is 190 Å². The van der Waals surface area contributed by atoms with Crippen LogP contribution in [-0.4, -0.2) is 24.5 Å². The van der Waals surface area contributed by atoms with Gasteiger partial charge in [-0.2, -0.15) is 4.31 Å². The van der Waals surface area contributed by atoms with E-state index in [9.17, 15) is 13.2 Å². The first-order chi connectivity index (χ1) is 15.3. The summed E-state index contributed by atoms with van der Waals surface area (Å²) in [6.07, 6.45) is 2.41. The maximum absolute atomic E-state index is 13.9. The van der Waals surface area contributed by atoms with E-state index in [1.54, 1.807) is 36.4 Å². The summed E-state index contributed by atoms with van der Waals surface area (Å²) in [6, 6.07) is 22.6. The predicted octanol–water partition coefficient (Wildman–Crippen LogP) is 5.64. The standard InChI is InChI=1S/C27H27NO3S/c1-4-23-18-25(27(29)22-8-6-5-7-9-22)26(21-14-10-19(2)11-15-21)28(23)32(30,31)24-16-12-20(3)13-17-24/h5-18,23,26H,4H2,1-3H3/t23-,26+/m1/s1. The number of carbonyl (C=O) groups is 1. The monoisotopic (exact) mass is 445 g/mol. The van der Waals surface area contributed by atoms with E-state index in [0.717, 1.165) is 16.7 Å². The molecular weight excluding hydrogens is 418 g/mol. The Hall–Kier alpha value is -3.02. The number of sulfonamides is 1. The number of hydrogen-bond donors (Lipinski definition) is 0. The first-order valence-electron chi connectivity index (χ1n) is 10.8.